The molecule has 0 radical (unpaired) electrons. The van der Waals surface area contributed by atoms with Gasteiger partial charge in [0, 0.05) is 26.7 Å². The van der Waals surface area contributed by atoms with Crippen molar-refractivity contribution < 1.29 is 12.8 Å². The van der Waals surface area contributed by atoms with E-state index in [4.69, 9.17) is 4.42 Å². The number of aromatic nitrogens is 3. The summed E-state index contributed by atoms with van der Waals surface area (Å²) in [6.45, 7) is 1.94. The molecule has 0 aliphatic rings. The van der Waals surface area contributed by atoms with Crippen molar-refractivity contribution in [3.63, 3.8) is 0 Å². The van der Waals surface area contributed by atoms with Crippen LogP contribution >= 0.6 is 11.8 Å². The third kappa shape index (κ3) is 3.80. The SMILES string of the molecule is CCc1nnc(CSc2ccc(S(=O)(=O)N(C)C)cn2)o1. The Kier molecular flexibility index (Phi) is 4.96. The van der Waals surface area contributed by atoms with Crippen LogP contribution in [0.5, 0.6) is 0 Å². The summed E-state index contributed by atoms with van der Waals surface area (Å²) in [5.41, 5.74) is 0. The summed E-state index contributed by atoms with van der Waals surface area (Å²) in [7, 11) is -0.470. The molecule has 0 aliphatic carbocycles. The topological polar surface area (TPSA) is 89.2 Å². The van der Waals surface area contributed by atoms with Crippen molar-refractivity contribution in [3.8, 4) is 0 Å². The average Bonchev–Trinajstić information content (AvgIpc) is 2.93. The van der Waals surface area contributed by atoms with E-state index in [9.17, 15) is 8.42 Å². The third-order valence-corrected chi connectivity index (χ3v) is 5.37. The molecule has 0 aliphatic heterocycles. The zero-order valence-electron chi connectivity index (χ0n) is 12.0. The van der Waals surface area contributed by atoms with E-state index in [0.717, 1.165) is 4.31 Å². The van der Waals surface area contributed by atoms with Gasteiger partial charge in [-0.15, -0.1) is 10.2 Å². The molecule has 0 aromatic carbocycles. The van der Waals surface area contributed by atoms with Gasteiger partial charge in [0.25, 0.3) is 0 Å². The molecule has 0 amide bonds. The molecule has 21 heavy (non-hydrogen) atoms. The summed E-state index contributed by atoms with van der Waals surface area (Å²) < 4.78 is 30.4. The molecular formula is C12H16N4O3S2. The van der Waals surface area contributed by atoms with Gasteiger partial charge in [-0.05, 0) is 12.1 Å². The predicted molar refractivity (Wildman–Crippen MR) is 78.3 cm³/mol. The highest BCUT2D eigenvalue weighted by molar-refractivity contribution is 7.98. The first-order valence-electron chi connectivity index (χ1n) is 6.26. The lowest BCUT2D eigenvalue weighted by molar-refractivity contribution is 0.470. The lowest BCUT2D eigenvalue weighted by Crippen LogP contribution is -2.22. The normalized spacial score (nSPS) is 12.0. The molecule has 2 aromatic rings. The Labute approximate surface area is 127 Å². The molecule has 0 bridgehead atoms. The molecule has 0 atom stereocenters. The van der Waals surface area contributed by atoms with Gasteiger partial charge in [-0.2, -0.15) is 0 Å². The van der Waals surface area contributed by atoms with Gasteiger partial charge < -0.3 is 4.42 Å². The van der Waals surface area contributed by atoms with Crippen molar-refractivity contribution in [2.45, 2.75) is 29.0 Å². The van der Waals surface area contributed by atoms with E-state index in [1.807, 2.05) is 6.92 Å². The Balaban J connectivity index is 2.03. The van der Waals surface area contributed by atoms with Gasteiger partial charge in [-0.25, -0.2) is 17.7 Å². The number of rotatable bonds is 6. The van der Waals surface area contributed by atoms with E-state index in [0.29, 0.717) is 29.0 Å². The first kappa shape index (κ1) is 15.9. The summed E-state index contributed by atoms with van der Waals surface area (Å²) in [5, 5.41) is 8.49. The Morgan fingerprint density at radius 2 is 1.95 bits per heavy atom. The molecule has 0 fully saturated rings. The number of aryl methyl sites for hydroxylation is 1. The number of nitrogens with zero attached hydrogens (tertiary/aromatic N) is 4. The smallest absolute Gasteiger partial charge is 0.244 e. The van der Waals surface area contributed by atoms with Crippen LogP contribution in [0.15, 0.2) is 32.7 Å². The number of hydrogen-bond acceptors (Lipinski definition) is 7. The van der Waals surface area contributed by atoms with E-state index < -0.39 is 10.0 Å². The Hall–Kier alpha value is -1.45. The maximum absolute atomic E-state index is 11.9. The highest BCUT2D eigenvalue weighted by atomic mass is 32.2. The van der Waals surface area contributed by atoms with Gasteiger partial charge in [0.05, 0.1) is 10.8 Å². The maximum Gasteiger partial charge on any atom is 0.244 e. The minimum absolute atomic E-state index is 0.169. The lowest BCUT2D eigenvalue weighted by atomic mass is 10.5. The van der Waals surface area contributed by atoms with Crippen LogP contribution in [0.1, 0.15) is 18.7 Å². The number of pyridine rings is 1. The molecule has 9 heteroatoms. The van der Waals surface area contributed by atoms with E-state index in [1.165, 1.54) is 38.1 Å². The fourth-order valence-electron chi connectivity index (χ4n) is 1.44. The van der Waals surface area contributed by atoms with Crippen molar-refractivity contribution in [2.75, 3.05) is 14.1 Å². The van der Waals surface area contributed by atoms with Gasteiger partial charge in [0.15, 0.2) is 0 Å². The number of sulfonamides is 1. The monoisotopic (exact) mass is 328 g/mol. The molecule has 2 heterocycles. The van der Waals surface area contributed by atoms with Crippen molar-refractivity contribution >= 4 is 21.8 Å². The van der Waals surface area contributed by atoms with Crippen LogP contribution < -0.4 is 0 Å². The van der Waals surface area contributed by atoms with Crippen LogP contribution in [0, 0.1) is 0 Å². The van der Waals surface area contributed by atoms with Crippen LogP contribution in [0.2, 0.25) is 0 Å². The predicted octanol–water partition coefficient (Wildman–Crippen LogP) is 1.57. The number of thioether (sulfide) groups is 1. The van der Waals surface area contributed by atoms with E-state index in [1.54, 1.807) is 6.07 Å². The van der Waals surface area contributed by atoms with E-state index >= 15 is 0 Å². The fourth-order valence-corrected chi connectivity index (χ4v) is 2.97. The van der Waals surface area contributed by atoms with Crippen molar-refractivity contribution in [1.82, 2.24) is 19.5 Å². The summed E-state index contributed by atoms with van der Waals surface area (Å²) in [4.78, 5) is 4.31. The largest absolute Gasteiger partial charge is 0.424 e. The third-order valence-electron chi connectivity index (χ3n) is 2.64. The lowest BCUT2D eigenvalue weighted by Gasteiger charge is -2.10. The van der Waals surface area contributed by atoms with Gasteiger partial charge in [-0.3, -0.25) is 0 Å². The van der Waals surface area contributed by atoms with Crippen molar-refractivity contribution in [1.29, 1.82) is 0 Å². The summed E-state index contributed by atoms with van der Waals surface area (Å²) >= 11 is 1.41. The summed E-state index contributed by atoms with van der Waals surface area (Å²) in [5.74, 6) is 1.63. The molecule has 0 spiro atoms. The fraction of sp³-hybridized carbons (Fsp3) is 0.417. The Bertz CT molecular complexity index is 696. The molecular weight excluding hydrogens is 312 g/mol. The average molecular weight is 328 g/mol. The zero-order valence-corrected chi connectivity index (χ0v) is 13.6. The molecule has 0 saturated heterocycles. The van der Waals surface area contributed by atoms with Crippen LogP contribution in [0.25, 0.3) is 0 Å². The van der Waals surface area contributed by atoms with Crippen LogP contribution in [-0.2, 0) is 22.2 Å². The second-order valence-corrected chi connectivity index (χ2v) is 7.50. The van der Waals surface area contributed by atoms with Gasteiger partial charge >= 0.3 is 0 Å². The van der Waals surface area contributed by atoms with Crippen LogP contribution in [-0.4, -0.2) is 42.0 Å². The van der Waals surface area contributed by atoms with Gasteiger partial charge in [0.1, 0.15) is 4.90 Å². The maximum atomic E-state index is 11.9. The minimum atomic E-state index is -3.44. The second kappa shape index (κ2) is 6.54. The first-order valence-corrected chi connectivity index (χ1v) is 8.68. The van der Waals surface area contributed by atoms with E-state index in [2.05, 4.69) is 15.2 Å². The molecule has 0 unspecified atom stereocenters. The summed E-state index contributed by atoms with van der Waals surface area (Å²) in [6.07, 6.45) is 2.05. The quantitative estimate of drug-likeness (QED) is 0.743. The first-order chi connectivity index (χ1) is 9.93. The van der Waals surface area contributed by atoms with Crippen LogP contribution in [0.3, 0.4) is 0 Å². The van der Waals surface area contributed by atoms with Crippen LogP contribution in [0.4, 0.5) is 0 Å². The summed E-state index contributed by atoms with van der Waals surface area (Å²) in [6, 6.07) is 3.20. The standard InChI is InChI=1S/C12H16N4O3S2/c1-4-10-14-15-11(19-10)8-20-12-6-5-9(7-13-12)21(17,18)16(2)3/h5-7H,4,8H2,1-3H3. The minimum Gasteiger partial charge on any atom is -0.424 e. The highest BCUT2D eigenvalue weighted by Gasteiger charge is 2.17. The van der Waals surface area contributed by atoms with Gasteiger partial charge in [0.2, 0.25) is 21.8 Å². The zero-order chi connectivity index (χ0) is 15.5. The molecule has 114 valence electrons. The Morgan fingerprint density at radius 1 is 1.24 bits per heavy atom. The Morgan fingerprint density at radius 3 is 2.48 bits per heavy atom. The number of hydrogen-bond donors (Lipinski definition) is 0. The molecule has 0 N–H and O–H groups in total. The molecule has 0 saturated carbocycles. The van der Waals surface area contributed by atoms with E-state index in [-0.39, 0.29) is 4.90 Å². The van der Waals surface area contributed by atoms with Crippen molar-refractivity contribution in [2.24, 2.45) is 0 Å². The highest BCUT2D eigenvalue weighted by Crippen LogP contribution is 2.22. The van der Waals surface area contributed by atoms with Crippen molar-refractivity contribution in [3.05, 3.63) is 30.1 Å². The van der Waals surface area contributed by atoms with Gasteiger partial charge in [-0.1, -0.05) is 18.7 Å². The molecule has 7 nitrogen and oxygen atoms in total. The molecule has 2 aromatic heterocycles. The molecule has 2 rings (SSSR count). The second-order valence-electron chi connectivity index (χ2n) is 4.35.